The van der Waals surface area contributed by atoms with Gasteiger partial charge in [0.15, 0.2) is 0 Å². The van der Waals surface area contributed by atoms with Crippen molar-refractivity contribution in [3.05, 3.63) is 42.0 Å². The summed E-state index contributed by atoms with van der Waals surface area (Å²) >= 11 is 0. The van der Waals surface area contributed by atoms with Crippen LogP contribution in [0.4, 0.5) is 0 Å². The standard InChI is InChI=1S/C18H22N2O4S/c1-19(2)25(23,24)14-7-5-11-20(12-14)18(22)16-10-9-13-6-3-4-8-15(13)17(16)21/h3-4,6,8-10,14,21H,5,7,11-12H2,1-2H3. The Labute approximate surface area is 147 Å². The van der Waals surface area contributed by atoms with E-state index in [9.17, 15) is 18.3 Å². The van der Waals surface area contributed by atoms with Crippen molar-refractivity contribution in [2.75, 3.05) is 27.2 Å². The van der Waals surface area contributed by atoms with Crippen molar-refractivity contribution in [2.45, 2.75) is 18.1 Å². The van der Waals surface area contributed by atoms with Gasteiger partial charge in [0.2, 0.25) is 10.0 Å². The summed E-state index contributed by atoms with van der Waals surface area (Å²) in [6, 6.07) is 10.7. The molecule has 1 aliphatic heterocycles. The summed E-state index contributed by atoms with van der Waals surface area (Å²) < 4.78 is 25.9. The first kappa shape index (κ1) is 17.7. The lowest BCUT2D eigenvalue weighted by Crippen LogP contribution is -2.48. The van der Waals surface area contributed by atoms with Crippen molar-refractivity contribution >= 4 is 26.7 Å². The molecule has 1 N–H and O–H groups in total. The summed E-state index contributed by atoms with van der Waals surface area (Å²) in [4.78, 5) is 14.4. The number of benzene rings is 2. The molecule has 7 heteroatoms. The molecule has 1 atom stereocenters. The number of carbonyl (C=O) groups excluding carboxylic acids is 1. The Bertz CT molecular complexity index is 908. The molecule has 0 saturated carbocycles. The molecular formula is C18H22N2O4S. The van der Waals surface area contributed by atoms with E-state index in [1.165, 1.54) is 23.3 Å². The number of fused-ring (bicyclic) bond motifs is 1. The van der Waals surface area contributed by atoms with Gasteiger partial charge < -0.3 is 10.0 Å². The van der Waals surface area contributed by atoms with Crippen LogP contribution < -0.4 is 0 Å². The third kappa shape index (κ3) is 3.21. The van der Waals surface area contributed by atoms with Gasteiger partial charge in [-0.15, -0.1) is 0 Å². The quantitative estimate of drug-likeness (QED) is 0.906. The van der Waals surface area contributed by atoms with Gasteiger partial charge in [0.1, 0.15) is 5.75 Å². The number of aromatic hydroxyl groups is 1. The maximum Gasteiger partial charge on any atom is 0.257 e. The zero-order chi connectivity index (χ0) is 18.2. The van der Waals surface area contributed by atoms with Crippen molar-refractivity contribution in [3.8, 4) is 5.75 Å². The van der Waals surface area contributed by atoms with E-state index in [1.807, 2.05) is 12.1 Å². The molecule has 0 aromatic heterocycles. The average molecular weight is 362 g/mol. The number of phenolic OH excluding ortho intramolecular Hbond substituents is 1. The highest BCUT2D eigenvalue weighted by atomic mass is 32.2. The van der Waals surface area contributed by atoms with E-state index in [1.54, 1.807) is 24.3 Å². The molecule has 134 valence electrons. The fourth-order valence-corrected chi connectivity index (χ4v) is 4.69. The van der Waals surface area contributed by atoms with Crippen LogP contribution in [-0.4, -0.2) is 61.1 Å². The first-order chi connectivity index (χ1) is 11.8. The van der Waals surface area contributed by atoms with Gasteiger partial charge in [0.25, 0.3) is 5.91 Å². The van der Waals surface area contributed by atoms with E-state index in [0.717, 1.165) is 5.39 Å². The molecule has 0 bridgehead atoms. The summed E-state index contributed by atoms with van der Waals surface area (Å²) in [5.41, 5.74) is 0.210. The first-order valence-corrected chi connectivity index (χ1v) is 9.74. The Kier molecular flexibility index (Phi) is 4.71. The van der Waals surface area contributed by atoms with Crippen molar-refractivity contribution in [2.24, 2.45) is 0 Å². The summed E-state index contributed by atoms with van der Waals surface area (Å²) in [6.07, 6.45) is 1.16. The molecule has 0 radical (unpaired) electrons. The second-order valence-electron chi connectivity index (χ2n) is 6.53. The highest BCUT2D eigenvalue weighted by Crippen LogP contribution is 2.30. The molecule has 6 nitrogen and oxygen atoms in total. The smallest absolute Gasteiger partial charge is 0.257 e. The van der Waals surface area contributed by atoms with Crippen molar-refractivity contribution in [3.63, 3.8) is 0 Å². The Morgan fingerprint density at radius 2 is 1.92 bits per heavy atom. The molecule has 1 unspecified atom stereocenters. The lowest BCUT2D eigenvalue weighted by Gasteiger charge is -2.33. The van der Waals surface area contributed by atoms with E-state index < -0.39 is 15.3 Å². The van der Waals surface area contributed by atoms with E-state index in [-0.39, 0.29) is 23.8 Å². The molecule has 1 fully saturated rings. The number of hydrogen-bond donors (Lipinski definition) is 1. The van der Waals surface area contributed by atoms with E-state index in [4.69, 9.17) is 0 Å². The van der Waals surface area contributed by atoms with Gasteiger partial charge in [0, 0.05) is 32.6 Å². The third-order valence-corrected chi connectivity index (χ3v) is 6.97. The topological polar surface area (TPSA) is 77.9 Å². The van der Waals surface area contributed by atoms with Crippen molar-refractivity contribution in [1.82, 2.24) is 9.21 Å². The predicted octanol–water partition coefficient (Wildman–Crippen LogP) is 2.04. The molecule has 0 aliphatic carbocycles. The zero-order valence-corrected chi connectivity index (χ0v) is 15.2. The molecule has 0 spiro atoms. The van der Waals surface area contributed by atoms with Gasteiger partial charge in [-0.2, -0.15) is 0 Å². The zero-order valence-electron chi connectivity index (χ0n) is 14.3. The van der Waals surface area contributed by atoms with Crippen LogP contribution in [0.15, 0.2) is 36.4 Å². The maximum atomic E-state index is 12.9. The predicted molar refractivity (Wildman–Crippen MR) is 97.1 cm³/mol. The van der Waals surface area contributed by atoms with Gasteiger partial charge >= 0.3 is 0 Å². The Hall–Kier alpha value is -2.12. The lowest BCUT2D eigenvalue weighted by atomic mass is 10.0. The molecule has 25 heavy (non-hydrogen) atoms. The summed E-state index contributed by atoms with van der Waals surface area (Å²) in [5.74, 6) is -0.386. The van der Waals surface area contributed by atoms with Crippen LogP contribution in [0, 0.1) is 0 Å². The van der Waals surface area contributed by atoms with E-state index in [2.05, 4.69) is 0 Å². The number of hydrogen-bond acceptors (Lipinski definition) is 4. The van der Waals surface area contributed by atoms with Crippen LogP contribution in [0.3, 0.4) is 0 Å². The molecule has 1 saturated heterocycles. The first-order valence-electron chi connectivity index (χ1n) is 8.23. The SMILES string of the molecule is CN(C)S(=O)(=O)C1CCCN(C(=O)c2ccc3ccccc3c2O)C1. The van der Waals surface area contributed by atoms with Crippen LogP contribution in [0.5, 0.6) is 5.75 Å². The van der Waals surface area contributed by atoms with Crippen LogP contribution in [-0.2, 0) is 10.0 Å². The number of amides is 1. The monoisotopic (exact) mass is 362 g/mol. The van der Waals surface area contributed by atoms with Gasteiger partial charge in [-0.05, 0) is 24.3 Å². The fraction of sp³-hybridized carbons (Fsp3) is 0.389. The van der Waals surface area contributed by atoms with Crippen LogP contribution in [0.2, 0.25) is 0 Å². The Morgan fingerprint density at radius 1 is 1.20 bits per heavy atom. The molecule has 1 aliphatic rings. The number of nitrogens with zero attached hydrogens (tertiary/aromatic N) is 2. The third-order valence-electron chi connectivity index (χ3n) is 4.73. The largest absolute Gasteiger partial charge is 0.506 e. The number of sulfonamides is 1. The Morgan fingerprint density at radius 3 is 2.64 bits per heavy atom. The molecule has 1 amide bonds. The van der Waals surface area contributed by atoms with Crippen LogP contribution in [0.1, 0.15) is 23.2 Å². The average Bonchev–Trinajstić information content (AvgIpc) is 2.61. The minimum atomic E-state index is -3.42. The molecule has 1 heterocycles. The van der Waals surface area contributed by atoms with Crippen LogP contribution >= 0.6 is 0 Å². The molecular weight excluding hydrogens is 340 g/mol. The van der Waals surface area contributed by atoms with Crippen molar-refractivity contribution in [1.29, 1.82) is 0 Å². The van der Waals surface area contributed by atoms with Gasteiger partial charge in [-0.3, -0.25) is 4.79 Å². The summed E-state index contributed by atoms with van der Waals surface area (Å²) in [6.45, 7) is 0.635. The van der Waals surface area contributed by atoms with Gasteiger partial charge in [-0.25, -0.2) is 12.7 Å². The van der Waals surface area contributed by atoms with Gasteiger partial charge in [0.05, 0.1) is 10.8 Å². The molecule has 3 rings (SSSR count). The fourth-order valence-electron chi connectivity index (χ4n) is 3.26. The number of piperidine rings is 1. The number of rotatable bonds is 3. The lowest BCUT2D eigenvalue weighted by molar-refractivity contribution is 0.0723. The minimum absolute atomic E-state index is 0.0549. The second-order valence-corrected chi connectivity index (χ2v) is 8.95. The number of likely N-dealkylation sites (tertiary alicyclic amines) is 1. The number of phenols is 1. The molecule has 2 aromatic carbocycles. The second kappa shape index (κ2) is 6.65. The number of carbonyl (C=O) groups is 1. The van der Waals surface area contributed by atoms with Crippen LogP contribution in [0.25, 0.3) is 10.8 Å². The maximum absolute atomic E-state index is 12.9. The van der Waals surface area contributed by atoms with E-state index in [0.29, 0.717) is 24.8 Å². The van der Waals surface area contributed by atoms with Gasteiger partial charge in [-0.1, -0.05) is 30.3 Å². The summed E-state index contributed by atoms with van der Waals surface area (Å²) in [5, 5.41) is 11.3. The highest BCUT2D eigenvalue weighted by Gasteiger charge is 2.34. The Balaban J connectivity index is 1.89. The highest BCUT2D eigenvalue weighted by molar-refractivity contribution is 7.89. The normalized spacial score (nSPS) is 18.7. The summed E-state index contributed by atoms with van der Waals surface area (Å²) in [7, 11) is -0.406. The van der Waals surface area contributed by atoms with Crippen molar-refractivity contribution < 1.29 is 18.3 Å². The minimum Gasteiger partial charge on any atom is -0.506 e. The van der Waals surface area contributed by atoms with E-state index >= 15 is 0 Å². The molecule has 2 aromatic rings.